The molecule has 5 heteroatoms. The van der Waals surface area contributed by atoms with Crippen LogP contribution in [-0.4, -0.2) is 33.0 Å². The summed E-state index contributed by atoms with van der Waals surface area (Å²) in [5.41, 5.74) is 4.23. The summed E-state index contributed by atoms with van der Waals surface area (Å²) in [4.78, 5) is 26.2. The van der Waals surface area contributed by atoms with Gasteiger partial charge in [0.1, 0.15) is 0 Å². The zero-order valence-electron chi connectivity index (χ0n) is 18.3. The van der Waals surface area contributed by atoms with Crippen molar-refractivity contribution in [2.45, 2.75) is 52.6 Å². The van der Waals surface area contributed by atoms with E-state index in [1.165, 1.54) is 27.7 Å². The number of fused-ring (bicyclic) bond motifs is 3. The zero-order valence-corrected chi connectivity index (χ0v) is 18.3. The molecule has 1 aliphatic rings. The lowest BCUT2D eigenvalue weighted by Crippen LogP contribution is -2.36. The van der Waals surface area contributed by atoms with Gasteiger partial charge in [0, 0.05) is 36.1 Å². The van der Waals surface area contributed by atoms with Crippen LogP contribution in [-0.2, 0) is 29.1 Å². The molecule has 162 valence electrons. The molecule has 1 amide bonds. The van der Waals surface area contributed by atoms with Crippen LogP contribution in [0.1, 0.15) is 49.9 Å². The number of amides is 1. The molecule has 2 heterocycles. The lowest BCUT2D eigenvalue weighted by atomic mass is 9.87. The summed E-state index contributed by atoms with van der Waals surface area (Å²) < 4.78 is 2.35. The van der Waals surface area contributed by atoms with Crippen LogP contribution in [0.4, 0.5) is 0 Å². The third kappa shape index (κ3) is 4.36. The molecule has 1 N–H and O–H groups in total. The highest BCUT2D eigenvalue weighted by atomic mass is 16.4. The van der Waals surface area contributed by atoms with Gasteiger partial charge in [-0.05, 0) is 50.3 Å². The molecule has 0 fully saturated rings. The van der Waals surface area contributed by atoms with Crippen molar-refractivity contribution in [2.24, 2.45) is 5.41 Å². The molecule has 1 aliphatic heterocycles. The molecule has 0 spiro atoms. The van der Waals surface area contributed by atoms with E-state index in [4.69, 9.17) is 0 Å². The van der Waals surface area contributed by atoms with Gasteiger partial charge in [-0.1, -0.05) is 48.5 Å². The molecular weight excluding hydrogens is 388 g/mol. The minimum atomic E-state index is -0.812. The van der Waals surface area contributed by atoms with Crippen molar-refractivity contribution in [1.82, 2.24) is 9.47 Å². The van der Waals surface area contributed by atoms with Crippen molar-refractivity contribution < 1.29 is 14.7 Å². The average molecular weight is 419 g/mol. The minimum Gasteiger partial charge on any atom is -0.481 e. The molecule has 0 aliphatic carbocycles. The van der Waals surface area contributed by atoms with Gasteiger partial charge in [0.2, 0.25) is 5.91 Å². The molecule has 0 atom stereocenters. The largest absolute Gasteiger partial charge is 0.481 e. The molecule has 0 saturated carbocycles. The van der Waals surface area contributed by atoms with E-state index in [-0.39, 0.29) is 5.91 Å². The molecule has 0 radical (unpaired) electrons. The maximum absolute atomic E-state index is 12.9. The van der Waals surface area contributed by atoms with Crippen LogP contribution in [0.15, 0.2) is 54.6 Å². The second-order valence-electron chi connectivity index (χ2n) is 9.12. The first-order chi connectivity index (χ1) is 14.9. The Hall–Kier alpha value is -3.08. The Morgan fingerprint density at radius 2 is 1.74 bits per heavy atom. The van der Waals surface area contributed by atoms with Crippen LogP contribution in [0.25, 0.3) is 10.9 Å². The number of carboxylic acid groups (broad SMARTS) is 1. The van der Waals surface area contributed by atoms with Gasteiger partial charge in [-0.25, -0.2) is 0 Å². The van der Waals surface area contributed by atoms with E-state index in [1.54, 1.807) is 13.8 Å². The fourth-order valence-electron chi connectivity index (χ4n) is 4.50. The summed E-state index contributed by atoms with van der Waals surface area (Å²) >= 11 is 0. The molecule has 5 nitrogen and oxygen atoms in total. The van der Waals surface area contributed by atoms with Gasteiger partial charge < -0.3 is 14.6 Å². The Labute approximate surface area is 183 Å². The number of aliphatic carboxylic acids is 1. The van der Waals surface area contributed by atoms with Crippen molar-refractivity contribution in [3.05, 3.63) is 71.4 Å². The maximum Gasteiger partial charge on any atom is 0.309 e. The van der Waals surface area contributed by atoms with E-state index in [0.29, 0.717) is 32.4 Å². The quantitative estimate of drug-likeness (QED) is 0.596. The molecule has 3 aromatic rings. The van der Waals surface area contributed by atoms with Crippen LogP contribution in [0.3, 0.4) is 0 Å². The fraction of sp³-hybridized carbons (Fsp3) is 0.385. The number of hydrogen-bond donors (Lipinski definition) is 1. The van der Waals surface area contributed by atoms with Gasteiger partial charge in [-0.3, -0.25) is 9.59 Å². The van der Waals surface area contributed by atoms with Gasteiger partial charge in [0.25, 0.3) is 0 Å². The Bertz CT molecular complexity index is 1100. The first-order valence-corrected chi connectivity index (χ1v) is 11.0. The molecule has 4 rings (SSSR count). The predicted molar refractivity (Wildman–Crippen MR) is 122 cm³/mol. The SMILES string of the molecule is CC(C)(CCCC(=O)N1CCc2c(n(Cc3ccccc3)c3ccccc23)C1)C(=O)O. The van der Waals surface area contributed by atoms with Gasteiger partial charge in [0.05, 0.1) is 12.0 Å². The number of carbonyl (C=O) groups is 2. The standard InChI is InChI=1S/C26H30N2O3/c1-26(2,25(30)31)15-8-13-24(29)27-16-14-21-20-11-6-7-12-22(20)28(23(21)18-27)17-19-9-4-3-5-10-19/h3-7,9-12H,8,13-18H2,1-2H3,(H,30,31). The van der Waals surface area contributed by atoms with Crippen molar-refractivity contribution in [2.75, 3.05) is 6.54 Å². The number of para-hydroxylation sites is 1. The van der Waals surface area contributed by atoms with Gasteiger partial charge in [-0.2, -0.15) is 0 Å². The first kappa shape index (κ1) is 21.2. The van der Waals surface area contributed by atoms with Crippen molar-refractivity contribution in [1.29, 1.82) is 0 Å². The van der Waals surface area contributed by atoms with Gasteiger partial charge in [0.15, 0.2) is 0 Å². The molecular formula is C26H30N2O3. The van der Waals surface area contributed by atoms with E-state index in [0.717, 1.165) is 13.0 Å². The first-order valence-electron chi connectivity index (χ1n) is 11.0. The number of carbonyl (C=O) groups excluding carboxylic acids is 1. The van der Waals surface area contributed by atoms with Gasteiger partial charge in [-0.15, -0.1) is 0 Å². The van der Waals surface area contributed by atoms with Crippen LogP contribution < -0.4 is 0 Å². The Morgan fingerprint density at radius 3 is 2.48 bits per heavy atom. The summed E-state index contributed by atoms with van der Waals surface area (Å²) in [6.07, 6.45) is 2.34. The lowest BCUT2D eigenvalue weighted by Gasteiger charge is -2.29. The highest BCUT2D eigenvalue weighted by Crippen LogP contribution is 2.32. The Morgan fingerprint density at radius 1 is 1.03 bits per heavy atom. The number of carboxylic acids is 1. The highest BCUT2D eigenvalue weighted by Gasteiger charge is 2.29. The minimum absolute atomic E-state index is 0.114. The van der Waals surface area contributed by atoms with E-state index in [1.807, 2.05) is 11.0 Å². The molecule has 0 saturated heterocycles. The van der Waals surface area contributed by atoms with Crippen LogP contribution >= 0.6 is 0 Å². The van der Waals surface area contributed by atoms with Crippen LogP contribution in [0.2, 0.25) is 0 Å². The molecule has 2 aromatic carbocycles. The smallest absolute Gasteiger partial charge is 0.309 e. The van der Waals surface area contributed by atoms with Gasteiger partial charge >= 0.3 is 5.97 Å². The van der Waals surface area contributed by atoms with Crippen molar-refractivity contribution >= 4 is 22.8 Å². The zero-order chi connectivity index (χ0) is 22.0. The van der Waals surface area contributed by atoms with Crippen molar-refractivity contribution in [3.8, 4) is 0 Å². The monoisotopic (exact) mass is 418 g/mol. The van der Waals surface area contributed by atoms with Crippen LogP contribution in [0.5, 0.6) is 0 Å². The molecule has 31 heavy (non-hydrogen) atoms. The molecule has 1 aromatic heterocycles. The summed E-state index contributed by atoms with van der Waals surface area (Å²) in [6.45, 7) is 5.54. The van der Waals surface area contributed by atoms with Crippen molar-refractivity contribution in [3.63, 3.8) is 0 Å². The second kappa shape index (κ2) is 8.58. The summed E-state index contributed by atoms with van der Waals surface area (Å²) in [5.74, 6) is -0.698. The maximum atomic E-state index is 12.9. The summed E-state index contributed by atoms with van der Waals surface area (Å²) in [5, 5.41) is 10.6. The van der Waals surface area contributed by atoms with E-state index in [9.17, 15) is 14.7 Å². The number of rotatable bonds is 7. The number of aromatic nitrogens is 1. The average Bonchev–Trinajstić information content (AvgIpc) is 3.07. The highest BCUT2D eigenvalue weighted by molar-refractivity contribution is 5.86. The second-order valence-corrected chi connectivity index (χ2v) is 9.12. The summed E-state index contributed by atoms with van der Waals surface area (Å²) in [7, 11) is 0. The van der Waals surface area contributed by atoms with E-state index >= 15 is 0 Å². The van der Waals surface area contributed by atoms with E-state index < -0.39 is 11.4 Å². The number of hydrogen-bond acceptors (Lipinski definition) is 2. The number of benzene rings is 2. The Kier molecular flexibility index (Phi) is 5.86. The third-order valence-corrected chi connectivity index (χ3v) is 6.47. The lowest BCUT2D eigenvalue weighted by molar-refractivity contribution is -0.147. The fourth-order valence-corrected chi connectivity index (χ4v) is 4.50. The normalized spacial score (nSPS) is 13.9. The Balaban J connectivity index is 1.54. The molecule has 0 bridgehead atoms. The number of nitrogens with zero attached hydrogens (tertiary/aromatic N) is 2. The van der Waals surface area contributed by atoms with E-state index in [2.05, 4.69) is 53.1 Å². The topological polar surface area (TPSA) is 62.5 Å². The predicted octanol–water partition coefficient (Wildman–Crippen LogP) is 4.86. The summed E-state index contributed by atoms with van der Waals surface area (Å²) in [6, 6.07) is 18.9. The third-order valence-electron chi connectivity index (χ3n) is 6.47. The molecule has 0 unspecified atom stereocenters. The van der Waals surface area contributed by atoms with Crippen LogP contribution in [0, 0.1) is 5.41 Å².